The molecule has 1 aliphatic heterocycles. The van der Waals surface area contributed by atoms with Crippen LogP contribution in [0.15, 0.2) is 16.7 Å². The van der Waals surface area contributed by atoms with Gasteiger partial charge in [-0.05, 0) is 6.07 Å². The molecule has 0 atom stereocenters. The summed E-state index contributed by atoms with van der Waals surface area (Å²) in [6.45, 7) is 1.54. The zero-order chi connectivity index (χ0) is 9.97. The smallest absolute Gasteiger partial charge is 0.372 e. The molecular weight excluding hydrogens is 204 g/mol. The van der Waals surface area contributed by atoms with Crippen LogP contribution in [-0.2, 0) is 10.5 Å². The maximum Gasteiger partial charge on any atom is 0.372 e. The molecule has 4 nitrogen and oxygen atoms in total. The van der Waals surface area contributed by atoms with Gasteiger partial charge in [-0.15, -0.1) is 11.8 Å². The molecular formula is C9H10O4S. The fraction of sp³-hybridized carbons (Fsp3) is 0.444. The highest BCUT2D eigenvalue weighted by Gasteiger charge is 2.21. The minimum Gasteiger partial charge on any atom is -0.475 e. The van der Waals surface area contributed by atoms with Crippen molar-refractivity contribution >= 4 is 17.7 Å². The largest absolute Gasteiger partial charge is 0.475 e. The van der Waals surface area contributed by atoms with Crippen molar-refractivity contribution in [2.45, 2.75) is 11.0 Å². The van der Waals surface area contributed by atoms with E-state index >= 15 is 0 Å². The van der Waals surface area contributed by atoms with Gasteiger partial charge in [-0.3, -0.25) is 0 Å². The van der Waals surface area contributed by atoms with Gasteiger partial charge in [0, 0.05) is 11.3 Å². The van der Waals surface area contributed by atoms with Crippen molar-refractivity contribution in [3.8, 4) is 0 Å². The molecule has 2 heterocycles. The van der Waals surface area contributed by atoms with Gasteiger partial charge >= 0.3 is 5.97 Å². The van der Waals surface area contributed by atoms with Crippen molar-refractivity contribution in [2.24, 2.45) is 0 Å². The predicted octanol–water partition coefficient (Wildman–Crippen LogP) is 1.61. The van der Waals surface area contributed by atoms with Crippen LogP contribution in [-0.4, -0.2) is 29.5 Å². The second kappa shape index (κ2) is 4.06. The van der Waals surface area contributed by atoms with Crippen molar-refractivity contribution in [1.29, 1.82) is 0 Å². The molecule has 76 valence electrons. The van der Waals surface area contributed by atoms with E-state index in [1.165, 1.54) is 6.26 Å². The van der Waals surface area contributed by atoms with Gasteiger partial charge in [-0.2, -0.15) is 0 Å². The molecule has 0 saturated carbocycles. The Morgan fingerprint density at radius 3 is 3.00 bits per heavy atom. The van der Waals surface area contributed by atoms with Gasteiger partial charge in [-0.1, -0.05) is 0 Å². The molecule has 0 amide bonds. The van der Waals surface area contributed by atoms with E-state index in [9.17, 15) is 4.79 Å². The summed E-state index contributed by atoms with van der Waals surface area (Å²) in [5, 5.41) is 9.27. The van der Waals surface area contributed by atoms with E-state index < -0.39 is 5.97 Å². The molecule has 0 aromatic carbocycles. The summed E-state index contributed by atoms with van der Waals surface area (Å²) in [4.78, 5) is 10.7. The summed E-state index contributed by atoms with van der Waals surface area (Å²) in [6, 6.07) is 1.70. The zero-order valence-corrected chi connectivity index (χ0v) is 8.25. The summed E-state index contributed by atoms with van der Waals surface area (Å²) in [7, 11) is 0. The van der Waals surface area contributed by atoms with Crippen LogP contribution in [0.4, 0.5) is 0 Å². The van der Waals surface area contributed by atoms with Gasteiger partial charge in [0.1, 0.15) is 0 Å². The third-order valence-corrected chi connectivity index (χ3v) is 3.24. The predicted molar refractivity (Wildman–Crippen MR) is 51.6 cm³/mol. The summed E-state index contributed by atoms with van der Waals surface area (Å²) in [5.41, 5.74) is 0.745. The number of ether oxygens (including phenoxy) is 1. The van der Waals surface area contributed by atoms with Crippen molar-refractivity contribution in [3.63, 3.8) is 0 Å². The van der Waals surface area contributed by atoms with Gasteiger partial charge in [-0.25, -0.2) is 4.79 Å². The van der Waals surface area contributed by atoms with E-state index in [2.05, 4.69) is 0 Å². The zero-order valence-electron chi connectivity index (χ0n) is 7.43. The number of carboxylic acid groups (broad SMARTS) is 1. The minimum atomic E-state index is -1.00. The number of rotatable bonds is 4. The summed E-state index contributed by atoms with van der Waals surface area (Å²) >= 11 is 1.70. The first-order valence-electron chi connectivity index (χ1n) is 4.26. The maximum atomic E-state index is 10.7. The number of carboxylic acids is 1. The topological polar surface area (TPSA) is 59.7 Å². The van der Waals surface area contributed by atoms with Gasteiger partial charge < -0.3 is 14.3 Å². The Kier molecular flexibility index (Phi) is 2.79. The summed E-state index contributed by atoms with van der Waals surface area (Å²) in [5.74, 6) is -0.278. The SMILES string of the molecule is O=C(O)c1occc1CSC1COC1. The van der Waals surface area contributed by atoms with Gasteiger partial charge in [0.05, 0.1) is 24.7 Å². The van der Waals surface area contributed by atoms with Crippen molar-refractivity contribution in [3.05, 3.63) is 23.7 Å². The highest BCUT2D eigenvalue weighted by atomic mass is 32.2. The lowest BCUT2D eigenvalue weighted by molar-refractivity contribution is 0.0455. The Bertz CT molecular complexity index is 329. The van der Waals surface area contributed by atoms with E-state index in [1.54, 1.807) is 17.8 Å². The van der Waals surface area contributed by atoms with Crippen LogP contribution in [0.5, 0.6) is 0 Å². The van der Waals surface area contributed by atoms with Gasteiger partial charge in [0.15, 0.2) is 0 Å². The van der Waals surface area contributed by atoms with Crippen LogP contribution >= 0.6 is 11.8 Å². The Labute approximate surface area is 85.2 Å². The van der Waals surface area contributed by atoms with E-state index in [4.69, 9.17) is 14.3 Å². The van der Waals surface area contributed by atoms with Gasteiger partial charge in [0.2, 0.25) is 5.76 Å². The van der Waals surface area contributed by atoms with Crippen molar-refractivity contribution in [1.82, 2.24) is 0 Å². The van der Waals surface area contributed by atoms with Crippen LogP contribution in [0.3, 0.4) is 0 Å². The molecule has 0 bridgehead atoms. The minimum absolute atomic E-state index is 0.0535. The van der Waals surface area contributed by atoms with Crippen LogP contribution < -0.4 is 0 Å². The second-order valence-corrected chi connectivity index (χ2v) is 4.34. The Hall–Kier alpha value is -0.940. The summed E-state index contributed by atoms with van der Waals surface area (Å²) < 4.78 is 9.89. The first-order chi connectivity index (χ1) is 6.77. The highest BCUT2D eigenvalue weighted by Crippen LogP contribution is 2.25. The summed E-state index contributed by atoms with van der Waals surface area (Å²) in [6.07, 6.45) is 1.41. The van der Waals surface area contributed by atoms with E-state index in [0.29, 0.717) is 11.0 Å². The standard InChI is InChI=1S/C9H10O4S/c10-9(11)8-6(1-2-13-8)5-14-7-3-12-4-7/h1-2,7H,3-5H2,(H,10,11). The molecule has 0 aliphatic carbocycles. The molecule has 1 aromatic heterocycles. The Balaban J connectivity index is 1.94. The maximum absolute atomic E-state index is 10.7. The molecule has 5 heteroatoms. The van der Waals surface area contributed by atoms with Crippen LogP contribution in [0.25, 0.3) is 0 Å². The lowest BCUT2D eigenvalue weighted by Gasteiger charge is -2.24. The number of aromatic carboxylic acids is 1. The number of thioether (sulfide) groups is 1. The van der Waals surface area contributed by atoms with Crippen LogP contribution in [0.1, 0.15) is 16.1 Å². The quantitative estimate of drug-likeness (QED) is 0.825. The van der Waals surface area contributed by atoms with E-state index in [1.807, 2.05) is 0 Å². The highest BCUT2D eigenvalue weighted by molar-refractivity contribution is 7.99. The first-order valence-corrected chi connectivity index (χ1v) is 5.31. The molecule has 1 fully saturated rings. The molecule has 2 rings (SSSR count). The van der Waals surface area contributed by atoms with Gasteiger partial charge in [0.25, 0.3) is 0 Å². The second-order valence-electron chi connectivity index (χ2n) is 3.05. The van der Waals surface area contributed by atoms with E-state index in [-0.39, 0.29) is 5.76 Å². The number of hydrogen-bond donors (Lipinski definition) is 1. The monoisotopic (exact) mass is 214 g/mol. The fourth-order valence-electron chi connectivity index (χ4n) is 1.15. The Morgan fingerprint density at radius 2 is 2.43 bits per heavy atom. The molecule has 0 radical (unpaired) electrons. The lowest BCUT2D eigenvalue weighted by atomic mass is 10.3. The molecule has 1 N–H and O–H groups in total. The first kappa shape index (κ1) is 9.61. The number of hydrogen-bond acceptors (Lipinski definition) is 4. The van der Waals surface area contributed by atoms with Crippen molar-refractivity contribution in [2.75, 3.05) is 13.2 Å². The number of carbonyl (C=O) groups is 1. The van der Waals surface area contributed by atoms with Crippen LogP contribution in [0.2, 0.25) is 0 Å². The average molecular weight is 214 g/mol. The average Bonchev–Trinajstić information content (AvgIpc) is 2.49. The fourth-order valence-corrected chi connectivity index (χ4v) is 2.18. The molecule has 1 aromatic rings. The molecule has 0 unspecified atom stereocenters. The molecule has 14 heavy (non-hydrogen) atoms. The van der Waals surface area contributed by atoms with Crippen molar-refractivity contribution < 1.29 is 19.1 Å². The number of furan rings is 1. The van der Waals surface area contributed by atoms with E-state index in [0.717, 1.165) is 18.8 Å². The molecule has 1 saturated heterocycles. The Morgan fingerprint density at radius 1 is 1.64 bits per heavy atom. The van der Waals surface area contributed by atoms with Crippen LogP contribution in [0, 0.1) is 0 Å². The third-order valence-electron chi connectivity index (χ3n) is 2.02. The lowest BCUT2D eigenvalue weighted by Crippen LogP contribution is -2.30. The molecule has 0 spiro atoms. The third kappa shape index (κ3) is 1.93. The molecule has 1 aliphatic rings. The normalized spacial score (nSPS) is 16.6.